The fourth-order valence-corrected chi connectivity index (χ4v) is 1.24. The number of rotatable bonds is 2. The summed E-state index contributed by atoms with van der Waals surface area (Å²) in [5.41, 5.74) is -0.137. The molecule has 1 N–H and O–H groups in total. The Morgan fingerprint density at radius 1 is 1.47 bits per heavy atom. The molecule has 0 saturated heterocycles. The first kappa shape index (κ1) is 11.9. The summed E-state index contributed by atoms with van der Waals surface area (Å²) in [5, 5.41) is 2.15. The van der Waals surface area contributed by atoms with Gasteiger partial charge in [-0.15, -0.1) is 0 Å². The number of nitrogens with one attached hydrogen (secondary N) is 1. The molecule has 1 amide bonds. The smallest absolute Gasteiger partial charge is 0.411 e. The maximum Gasteiger partial charge on any atom is 0.411 e. The summed E-state index contributed by atoms with van der Waals surface area (Å²) in [6, 6.07) is 1.80. The minimum atomic E-state index is -0.858. The van der Waals surface area contributed by atoms with Crippen LogP contribution in [0, 0.1) is 11.6 Å². The molecule has 0 radical (unpaired) electrons. The van der Waals surface area contributed by atoms with Gasteiger partial charge in [0.2, 0.25) is 0 Å². The summed E-state index contributed by atoms with van der Waals surface area (Å²) in [4.78, 5) is 11.0. The Morgan fingerprint density at radius 3 is 2.73 bits per heavy atom. The lowest BCUT2D eigenvalue weighted by atomic mass is 10.3. The van der Waals surface area contributed by atoms with Gasteiger partial charge in [0.15, 0.2) is 0 Å². The highest BCUT2D eigenvalue weighted by Crippen LogP contribution is 2.23. The lowest BCUT2D eigenvalue weighted by Crippen LogP contribution is -2.14. The van der Waals surface area contributed by atoms with E-state index in [0.717, 1.165) is 6.07 Å². The minimum absolute atomic E-state index is 0.0655. The van der Waals surface area contributed by atoms with Crippen LogP contribution < -0.4 is 5.32 Å². The lowest BCUT2D eigenvalue weighted by molar-refractivity contribution is 0.168. The maximum absolute atomic E-state index is 13.1. The van der Waals surface area contributed by atoms with E-state index in [9.17, 15) is 13.6 Å². The Morgan fingerprint density at radius 2 is 2.13 bits per heavy atom. The summed E-state index contributed by atoms with van der Waals surface area (Å²) < 4.78 is 30.5. The molecule has 0 aliphatic carbocycles. The van der Waals surface area contributed by atoms with Crippen LogP contribution in [-0.2, 0) is 4.74 Å². The van der Waals surface area contributed by atoms with Crippen molar-refractivity contribution in [3.8, 4) is 0 Å². The third kappa shape index (κ3) is 3.16. The number of amides is 1. The summed E-state index contributed by atoms with van der Waals surface area (Å²) in [6.45, 7) is 1.80. The number of halogens is 3. The predicted molar refractivity (Wildman–Crippen MR) is 54.7 cm³/mol. The zero-order chi connectivity index (χ0) is 11.4. The second kappa shape index (κ2) is 5.06. The van der Waals surface area contributed by atoms with Gasteiger partial charge in [0, 0.05) is 6.07 Å². The van der Waals surface area contributed by atoms with Crippen LogP contribution in [0.3, 0.4) is 0 Å². The van der Waals surface area contributed by atoms with Gasteiger partial charge < -0.3 is 4.74 Å². The Kier molecular flexibility index (Phi) is 4.02. The summed E-state index contributed by atoms with van der Waals surface area (Å²) in [7, 11) is 0. The monoisotopic (exact) mass is 279 g/mol. The molecular weight excluding hydrogens is 272 g/mol. The van der Waals surface area contributed by atoms with Crippen LogP contribution in [0.25, 0.3) is 0 Å². The molecule has 0 spiro atoms. The van der Waals surface area contributed by atoms with Crippen LogP contribution in [0.2, 0.25) is 0 Å². The normalized spacial score (nSPS) is 9.87. The number of hydrogen-bond donors (Lipinski definition) is 1. The third-order valence-electron chi connectivity index (χ3n) is 1.52. The third-order valence-corrected chi connectivity index (χ3v) is 2.13. The van der Waals surface area contributed by atoms with E-state index in [1.165, 1.54) is 0 Å². The average Bonchev–Trinajstić information content (AvgIpc) is 2.14. The van der Waals surface area contributed by atoms with Gasteiger partial charge in [-0.05, 0) is 28.9 Å². The molecule has 82 valence electrons. The molecule has 0 atom stereocenters. The Labute approximate surface area is 93.5 Å². The molecular formula is C9H8BrF2NO2. The molecule has 0 fully saturated rings. The fourth-order valence-electron chi connectivity index (χ4n) is 0.895. The molecule has 0 aromatic heterocycles. The van der Waals surface area contributed by atoms with E-state index in [0.29, 0.717) is 6.07 Å². The van der Waals surface area contributed by atoms with Crippen molar-refractivity contribution in [3.63, 3.8) is 0 Å². The maximum atomic E-state index is 13.1. The van der Waals surface area contributed by atoms with Gasteiger partial charge in [0.05, 0.1) is 16.8 Å². The number of benzene rings is 1. The molecule has 3 nitrogen and oxygen atoms in total. The first-order valence-corrected chi connectivity index (χ1v) is 4.92. The highest BCUT2D eigenvalue weighted by Gasteiger charge is 2.11. The van der Waals surface area contributed by atoms with Crippen molar-refractivity contribution in [2.75, 3.05) is 11.9 Å². The summed E-state index contributed by atoms with van der Waals surface area (Å²) in [5.74, 6) is -1.59. The van der Waals surface area contributed by atoms with E-state index in [1.54, 1.807) is 6.92 Å². The summed E-state index contributed by atoms with van der Waals surface area (Å²) in [6.07, 6.45) is -0.782. The van der Waals surface area contributed by atoms with E-state index < -0.39 is 17.7 Å². The van der Waals surface area contributed by atoms with Gasteiger partial charge in [-0.2, -0.15) is 0 Å². The fraction of sp³-hybridized carbons (Fsp3) is 0.222. The summed E-state index contributed by atoms with van der Waals surface area (Å²) >= 11 is 2.88. The van der Waals surface area contributed by atoms with Crippen LogP contribution in [0.15, 0.2) is 16.6 Å². The number of hydrogen-bond acceptors (Lipinski definition) is 2. The van der Waals surface area contributed by atoms with Crippen molar-refractivity contribution in [1.29, 1.82) is 0 Å². The van der Waals surface area contributed by atoms with E-state index in [1.807, 2.05) is 0 Å². The second-order valence-electron chi connectivity index (χ2n) is 2.59. The minimum Gasteiger partial charge on any atom is -0.450 e. The topological polar surface area (TPSA) is 38.3 Å². The Hall–Kier alpha value is -1.17. The van der Waals surface area contributed by atoms with E-state index in [2.05, 4.69) is 26.0 Å². The molecule has 1 aromatic rings. The van der Waals surface area contributed by atoms with Crippen molar-refractivity contribution < 1.29 is 18.3 Å². The van der Waals surface area contributed by atoms with Crippen molar-refractivity contribution >= 4 is 27.7 Å². The van der Waals surface area contributed by atoms with E-state index >= 15 is 0 Å². The lowest BCUT2D eigenvalue weighted by Gasteiger charge is -2.07. The van der Waals surface area contributed by atoms with E-state index in [-0.39, 0.29) is 16.8 Å². The highest BCUT2D eigenvalue weighted by atomic mass is 79.9. The average molecular weight is 280 g/mol. The van der Waals surface area contributed by atoms with Crippen LogP contribution in [-0.4, -0.2) is 12.7 Å². The van der Waals surface area contributed by atoms with Crippen molar-refractivity contribution in [1.82, 2.24) is 0 Å². The molecule has 6 heteroatoms. The van der Waals surface area contributed by atoms with Crippen LogP contribution in [0.4, 0.5) is 19.3 Å². The molecule has 0 aliphatic heterocycles. The molecule has 1 rings (SSSR count). The number of anilines is 1. The molecule has 0 heterocycles. The number of carbonyl (C=O) groups excluding carboxylic acids is 1. The van der Waals surface area contributed by atoms with Crippen LogP contribution in [0.1, 0.15) is 6.92 Å². The van der Waals surface area contributed by atoms with Gasteiger partial charge >= 0.3 is 6.09 Å². The highest BCUT2D eigenvalue weighted by molar-refractivity contribution is 9.10. The molecule has 1 aromatic carbocycles. The van der Waals surface area contributed by atoms with E-state index in [4.69, 9.17) is 0 Å². The van der Waals surface area contributed by atoms with Crippen molar-refractivity contribution in [2.45, 2.75) is 6.92 Å². The molecule has 0 unspecified atom stereocenters. The molecule has 0 saturated carbocycles. The number of carbonyl (C=O) groups is 1. The van der Waals surface area contributed by atoms with Gasteiger partial charge in [0.25, 0.3) is 0 Å². The van der Waals surface area contributed by atoms with Gasteiger partial charge in [-0.1, -0.05) is 0 Å². The zero-order valence-electron chi connectivity index (χ0n) is 7.81. The SMILES string of the molecule is CCOC(=O)Nc1cc(Br)c(F)cc1F. The van der Waals surface area contributed by atoms with Crippen LogP contribution in [0.5, 0.6) is 0 Å². The first-order chi connectivity index (χ1) is 7.04. The van der Waals surface area contributed by atoms with Crippen molar-refractivity contribution in [3.05, 3.63) is 28.2 Å². The second-order valence-corrected chi connectivity index (χ2v) is 3.45. The van der Waals surface area contributed by atoms with Gasteiger partial charge in [-0.3, -0.25) is 5.32 Å². The standard InChI is InChI=1S/C9H8BrF2NO2/c1-2-15-9(14)13-8-3-5(10)6(11)4-7(8)12/h3-4H,2H2,1H3,(H,13,14). The Bertz CT molecular complexity index is 385. The Balaban J connectivity index is 2.86. The molecule has 15 heavy (non-hydrogen) atoms. The molecule has 0 bridgehead atoms. The largest absolute Gasteiger partial charge is 0.450 e. The van der Waals surface area contributed by atoms with Crippen LogP contribution >= 0.6 is 15.9 Å². The van der Waals surface area contributed by atoms with Crippen molar-refractivity contribution in [2.24, 2.45) is 0 Å². The molecule has 0 aliphatic rings. The zero-order valence-corrected chi connectivity index (χ0v) is 9.40. The first-order valence-electron chi connectivity index (χ1n) is 4.13. The van der Waals surface area contributed by atoms with Gasteiger partial charge in [-0.25, -0.2) is 13.6 Å². The van der Waals surface area contributed by atoms with Gasteiger partial charge in [0.1, 0.15) is 11.6 Å². The number of ether oxygens (including phenoxy) is 1. The predicted octanol–water partition coefficient (Wildman–Crippen LogP) is 3.30. The quantitative estimate of drug-likeness (QED) is 0.844.